The van der Waals surface area contributed by atoms with Crippen LogP contribution in [0.5, 0.6) is 17.2 Å². The molecular formula is C20H24N2O6. The normalized spacial score (nSPS) is 10.2. The molecule has 28 heavy (non-hydrogen) atoms. The standard InChI is InChI=1S/C20H24N2O6/c1-3-4-11-27-18-10-9-15(12-19(18)26-2)13-21-20(23)14-28-17-8-6-5-7-16(17)22(24)25/h5-10,12H,3-4,11,13-14H2,1-2H3,(H,21,23). The zero-order valence-electron chi connectivity index (χ0n) is 16.0. The van der Waals surface area contributed by atoms with E-state index in [4.69, 9.17) is 14.2 Å². The molecule has 0 aliphatic carbocycles. The third-order valence-corrected chi connectivity index (χ3v) is 3.89. The Morgan fingerprint density at radius 1 is 1.11 bits per heavy atom. The molecule has 2 rings (SSSR count). The highest BCUT2D eigenvalue weighted by molar-refractivity contribution is 5.77. The van der Waals surface area contributed by atoms with E-state index in [1.54, 1.807) is 25.3 Å². The summed E-state index contributed by atoms with van der Waals surface area (Å²) >= 11 is 0. The first-order chi connectivity index (χ1) is 13.5. The van der Waals surface area contributed by atoms with Gasteiger partial charge in [-0.05, 0) is 30.2 Å². The molecule has 0 spiro atoms. The highest BCUT2D eigenvalue weighted by Crippen LogP contribution is 2.28. The van der Waals surface area contributed by atoms with Gasteiger partial charge in [-0.3, -0.25) is 14.9 Å². The zero-order chi connectivity index (χ0) is 20.4. The zero-order valence-corrected chi connectivity index (χ0v) is 16.0. The Morgan fingerprint density at radius 3 is 2.61 bits per heavy atom. The number of para-hydroxylation sites is 2. The number of hydrogen-bond acceptors (Lipinski definition) is 6. The van der Waals surface area contributed by atoms with Gasteiger partial charge < -0.3 is 19.5 Å². The van der Waals surface area contributed by atoms with Crippen molar-refractivity contribution in [2.75, 3.05) is 20.3 Å². The summed E-state index contributed by atoms with van der Waals surface area (Å²) < 4.78 is 16.3. The molecule has 2 aromatic rings. The van der Waals surface area contributed by atoms with Crippen LogP contribution in [0.15, 0.2) is 42.5 Å². The number of unbranched alkanes of at least 4 members (excludes halogenated alkanes) is 1. The lowest BCUT2D eigenvalue weighted by Crippen LogP contribution is -2.28. The van der Waals surface area contributed by atoms with Gasteiger partial charge in [0.2, 0.25) is 0 Å². The topological polar surface area (TPSA) is 99.9 Å². The van der Waals surface area contributed by atoms with Gasteiger partial charge in [-0.2, -0.15) is 0 Å². The quantitative estimate of drug-likeness (QED) is 0.359. The molecule has 0 saturated carbocycles. The van der Waals surface area contributed by atoms with Crippen LogP contribution in [0.2, 0.25) is 0 Å². The fourth-order valence-electron chi connectivity index (χ4n) is 2.39. The van der Waals surface area contributed by atoms with Gasteiger partial charge in [-0.15, -0.1) is 0 Å². The van der Waals surface area contributed by atoms with Crippen LogP contribution in [0.3, 0.4) is 0 Å². The van der Waals surface area contributed by atoms with E-state index in [1.165, 1.54) is 18.2 Å². The van der Waals surface area contributed by atoms with Crippen molar-refractivity contribution in [2.45, 2.75) is 26.3 Å². The van der Waals surface area contributed by atoms with Crippen LogP contribution in [0, 0.1) is 10.1 Å². The summed E-state index contributed by atoms with van der Waals surface area (Å²) in [5.41, 5.74) is 0.650. The van der Waals surface area contributed by atoms with Crippen molar-refractivity contribution in [1.29, 1.82) is 0 Å². The number of rotatable bonds is 11. The summed E-state index contributed by atoms with van der Waals surface area (Å²) in [6.45, 7) is 2.66. The molecule has 0 radical (unpaired) electrons. The third kappa shape index (κ3) is 6.15. The van der Waals surface area contributed by atoms with E-state index >= 15 is 0 Å². The lowest BCUT2D eigenvalue weighted by atomic mass is 10.2. The number of benzene rings is 2. The Balaban J connectivity index is 1.88. The molecule has 1 amide bonds. The third-order valence-electron chi connectivity index (χ3n) is 3.89. The number of carbonyl (C=O) groups is 1. The lowest BCUT2D eigenvalue weighted by Gasteiger charge is -2.12. The fourth-order valence-corrected chi connectivity index (χ4v) is 2.39. The molecule has 2 aromatic carbocycles. The molecular weight excluding hydrogens is 364 g/mol. The van der Waals surface area contributed by atoms with Crippen molar-refractivity contribution < 1.29 is 23.9 Å². The molecule has 0 saturated heterocycles. The van der Waals surface area contributed by atoms with Crippen LogP contribution in [-0.4, -0.2) is 31.2 Å². The maximum Gasteiger partial charge on any atom is 0.310 e. The Morgan fingerprint density at radius 2 is 1.89 bits per heavy atom. The molecule has 1 N–H and O–H groups in total. The molecule has 0 aliphatic heterocycles. The van der Waals surface area contributed by atoms with Crippen molar-refractivity contribution in [2.24, 2.45) is 0 Å². The van der Waals surface area contributed by atoms with Crippen LogP contribution in [-0.2, 0) is 11.3 Å². The Hall–Kier alpha value is -3.29. The predicted molar refractivity (Wildman–Crippen MR) is 104 cm³/mol. The second kappa shape index (κ2) is 10.8. The average Bonchev–Trinajstić information content (AvgIpc) is 2.71. The second-order valence-electron chi connectivity index (χ2n) is 5.98. The van der Waals surface area contributed by atoms with Crippen LogP contribution < -0.4 is 19.5 Å². The highest BCUT2D eigenvalue weighted by atomic mass is 16.6. The summed E-state index contributed by atoms with van der Waals surface area (Å²) in [7, 11) is 1.56. The van der Waals surface area contributed by atoms with Gasteiger partial charge in [0, 0.05) is 12.6 Å². The van der Waals surface area contributed by atoms with Crippen molar-refractivity contribution in [3.05, 3.63) is 58.1 Å². The number of ether oxygens (including phenoxy) is 3. The smallest absolute Gasteiger partial charge is 0.310 e. The number of carbonyl (C=O) groups excluding carboxylic acids is 1. The lowest BCUT2D eigenvalue weighted by molar-refractivity contribution is -0.385. The summed E-state index contributed by atoms with van der Waals surface area (Å²) in [6.07, 6.45) is 2.00. The van der Waals surface area contributed by atoms with Gasteiger partial charge in [0.1, 0.15) is 0 Å². The van der Waals surface area contributed by atoms with E-state index in [0.29, 0.717) is 18.1 Å². The molecule has 150 valence electrons. The maximum atomic E-state index is 12.0. The van der Waals surface area contributed by atoms with Crippen molar-refractivity contribution >= 4 is 11.6 Å². The van der Waals surface area contributed by atoms with Gasteiger partial charge in [0.15, 0.2) is 23.9 Å². The van der Waals surface area contributed by atoms with Crippen LogP contribution >= 0.6 is 0 Å². The van der Waals surface area contributed by atoms with Crippen LogP contribution in [0.1, 0.15) is 25.3 Å². The monoisotopic (exact) mass is 388 g/mol. The molecule has 8 nitrogen and oxygen atoms in total. The number of nitrogens with zero attached hydrogens (tertiary/aromatic N) is 1. The Bertz CT molecular complexity index is 809. The van der Waals surface area contributed by atoms with E-state index in [9.17, 15) is 14.9 Å². The molecule has 0 fully saturated rings. The van der Waals surface area contributed by atoms with Gasteiger partial charge >= 0.3 is 5.69 Å². The number of amides is 1. The first-order valence-electron chi connectivity index (χ1n) is 8.97. The summed E-state index contributed by atoms with van der Waals surface area (Å²) in [5.74, 6) is 0.919. The fraction of sp³-hybridized carbons (Fsp3) is 0.350. The van der Waals surface area contributed by atoms with E-state index in [1.807, 2.05) is 6.07 Å². The number of hydrogen-bond donors (Lipinski definition) is 1. The summed E-state index contributed by atoms with van der Waals surface area (Å²) in [6, 6.07) is 11.4. The first kappa shape index (κ1) is 21.0. The van der Waals surface area contributed by atoms with Crippen LogP contribution in [0.25, 0.3) is 0 Å². The molecule has 0 bridgehead atoms. The first-order valence-corrected chi connectivity index (χ1v) is 8.97. The molecule has 8 heteroatoms. The Kier molecular flexibility index (Phi) is 8.08. The van der Waals surface area contributed by atoms with E-state index < -0.39 is 4.92 Å². The van der Waals surface area contributed by atoms with Gasteiger partial charge in [-0.25, -0.2) is 0 Å². The number of nitrogens with one attached hydrogen (secondary N) is 1. The SMILES string of the molecule is CCCCOc1ccc(CNC(=O)COc2ccccc2[N+](=O)[O-])cc1OC. The molecule has 0 atom stereocenters. The minimum Gasteiger partial charge on any atom is -0.493 e. The second-order valence-corrected chi connectivity index (χ2v) is 5.98. The van der Waals surface area contributed by atoms with Gasteiger partial charge in [0.25, 0.3) is 5.91 Å². The largest absolute Gasteiger partial charge is 0.493 e. The minimum absolute atomic E-state index is 0.0536. The predicted octanol–water partition coefficient (Wildman–Crippen LogP) is 3.48. The van der Waals surface area contributed by atoms with Gasteiger partial charge in [-0.1, -0.05) is 31.5 Å². The number of nitro groups is 1. The number of methoxy groups -OCH3 is 1. The van der Waals surface area contributed by atoms with Gasteiger partial charge in [0.05, 0.1) is 18.6 Å². The van der Waals surface area contributed by atoms with E-state index in [0.717, 1.165) is 18.4 Å². The minimum atomic E-state index is -0.552. The van der Waals surface area contributed by atoms with Crippen molar-refractivity contribution in [1.82, 2.24) is 5.32 Å². The molecule has 0 heterocycles. The van der Waals surface area contributed by atoms with Crippen molar-refractivity contribution in [3.8, 4) is 17.2 Å². The van der Waals surface area contributed by atoms with E-state index in [2.05, 4.69) is 12.2 Å². The molecule has 0 aromatic heterocycles. The maximum absolute atomic E-state index is 12.0. The average molecular weight is 388 g/mol. The summed E-state index contributed by atoms with van der Waals surface area (Å²) in [4.78, 5) is 22.4. The molecule has 0 aliphatic rings. The molecule has 0 unspecified atom stereocenters. The van der Waals surface area contributed by atoms with E-state index in [-0.39, 0.29) is 30.5 Å². The highest BCUT2D eigenvalue weighted by Gasteiger charge is 2.15. The van der Waals surface area contributed by atoms with Crippen LogP contribution in [0.4, 0.5) is 5.69 Å². The number of nitro benzene ring substituents is 1. The van der Waals surface area contributed by atoms with Crippen molar-refractivity contribution in [3.63, 3.8) is 0 Å². The Labute approximate surface area is 163 Å². The summed E-state index contributed by atoms with van der Waals surface area (Å²) in [5, 5.41) is 13.7.